The largest absolute Gasteiger partial charge is 0.381 e. The number of hydrogen-bond donors (Lipinski definition) is 0. The number of imidazole rings is 1. The highest BCUT2D eigenvalue weighted by Crippen LogP contribution is 2.21. The van der Waals surface area contributed by atoms with Gasteiger partial charge < -0.3 is 14.0 Å². The van der Waals surface area contributed by atoms with Crippen LogP contribution in [0.25, 0.3) is 0 Å². The Balaban J connectivity index is 1.64. The summed E-state index contributed by atoms with van der Waals surface area (Å²) in [4.78, 5) is 6.91. The number of nitrogens with zero attached hydrogens (tertiary/aromatic N) is 3. The Labute approximate surface area is 127 Å². The summed E-state index contributed by atoms with van der Waals surface area (Å²) < 4.78 is 13.5. The fraction of sp³-hybridized carbons (Fsp3) is 0.812. The van der Waals surface area contributed by atoms with E-state index < -0.39 is 0 Å². The molecular formula is C16H27N3O2. The van der Waals surface area contributed by atoms with E-state index in [0.29, 0.717) is 5.92 Å². The average molecular weight is 293 g/mol. The van der Waals surface area contributed by atoms with Crippen LogP contribution in [-0.4, -0.2) is 54.0 Å². The zero-order chi connectivity index (χ0) is 14.5. The van der Waals surface area contributed by atoms with Crippen molar-refractivity contribution in [1.29, 1.82) is 0 Å². The molecule has 1 saturated heterocycles. The van der Waals surface area contributed by atoms with Crippen LogP contribution >= 0.6 is 0 Å². The van der Waals surface area contributed by atoms with Gasteiger partial charge in [-0.15, -0.1) is 0 Å². The molecule has 1 aromatic heterocycles. The minimum absolute atomic E-state index is 0.556. The predicted octanol–water partition coefficient (Wildman–Crippen LogP) is 1.78. The van der Waals surface area contributed by atoms with E-state index in [1.165, 1.54) is 25.1 Å². The lowest BCUT2D eigenvalue weighted by atomic mass is 9.99. The van der Waals surface area contributed by atoms with Crippen molar-refractivity contribution in [2.75, 3.05) is 39.5 Å². The van der Waals surface area contributed by atoms with E-state index in [4.69, 9.17) is 9.47 Å². The lowest BCUT2D eigenvalue weighted by Gasteiger charge is -2.30. The van der Waals surface area contributed by atoms with Crippen LogP contribution in [0.2, 0.25) is 0 Å². The zero-order valence-corrected chi connectivity index (χ0v) is 13.0. The van der Waals surface area contributed by atoms with Crippen LogP contribution in [0, 0.1) is 11.8 Å². The van der Waals surface area contributed by atoms with Crippen molar-refractivity contribution >= 4 is 0 Å². The normalized spacial score (nSPS) is 24.7. The standard InChI is InChI=1S/C16H27N3O2/c1-2-20-12-15-9-18(8-14-3-5-21-6-4-14)11-16-7-17-13-19(16)10-15/h7,13-15H,2-6,8-12H2,1H3. The van der Waals surface area contributed by atoms with Gasteiger partial charge in [-0.05, 0) is 25.7 Å². The van der Waals surface area contributed by atoms with Gasteiger partial charge in [-0.25, -0.2) is 4.98 Å². The number of fused-ring (bicyclic) bond motifs is 1. The van der Waals surface area contributed by atoms with Crippen LogP contribution in [0.1, 0.15) is 25.5 Å². The molecule has 21 heavy (non-hydrogen) atoms. The summed E-state index contributed by atoms with van der Waals surface area (Å²) in [6, 6.07) is 0. The summed E-state index contributed by atoms with van der Waals surface area (Å²) in [5.41, 5.74) is 1.33. The monoisotopic (exact) mass is 293 g/mol. The van der Waals surface area contributed by atoms with E-state index in [-0.39, 0.29) is 0 Å². The Morgan fingerprint density at radius 2 is 2.14 bits per heavy atom. The van der Waals surface area contributed by atoms with Gasteiger partial charge in [-0.2, -0.15) is 0 Å². The van der Waals surface area contributed by atoms with Gasteiger partial charge in [0.1, 0.15) is 0 Å². The third kappa shape index (κ3) is 4.05. The molecule has 2 aliphatic rings. The maximum absolute atomic E-state index is 5.68. The van der Waals surface area contributed by atoms with Gasteiger partial charge in [0.25, 0.3) is 0 Å². The maximum atomic E-state index is 5.68. The first-order valence-corrected chi connectivity index (χ1v) is 8.22. The van der Waals surface area contributed by atoms with Gasteiger partial charge in [0, 0.05) is 58.1 Å². The summed E-state index contributed by atoms with van der Waals surface area (Å²) in [6.07, 6.45) is 6.38. The Morgan fingerprint density at radius 3 is 2.95 bits per heavy atom. The molecule has 0 N–H and O–H groups in total. The quantitative estimate of drug-likeness (QED) is 0.829. The molecule has 1 fully saturated rings. The molecule has 0 bridgehead atoms. The van der Waals surface area contributed by atoms with Crippen LogP contribution in [-0.2, 0) is 22.6 Å². The third-order valence-corrected chi connectivity index (χ3v) is 4.57. The molecule has 3 rings (SSSR count). The van der Waals surface area contributed by atoms with E-state index in [1.807, 2.05) is 12.5 Å². The van der Waals surface area contributed by atoms with Crippen molar-refractivity contribution in [1.82, 2.24) is 14.5 Å². The molecule has 0 spiro atoms. The molecule has 1 aromatic rings. The Morgan fingerprint density at radius 1 is 1.29 bits per heavy atom. The van der Waals surface area contributed by atoms with Gasteiger partial charge in [0.05, 0.1) is 18.6 Å². The fourth-order valence-corrected chi connectivity index (χ4v) is 3.46. The molecule has 0 radical (unpaired) electrons. The smallest absolute Gasteiger partial charge is 0.0948 e. The predicted molar refractivity (Wildman–Crippen MR) is 81.0 cm³/mol. The van der Waals surface area contributed by atoms with E-state index >= 15 is 0 Å². The second kappa shape index (κ2) is 7.38. The number of hydrogen-bond acceptors (Lipinski definition) is 4. The zero-order valence-electron chi connectivity index (χ0n) is 13.0. The Kier molecular flexibility index (Phi) is 5.27. The van der Waals surface area contributed by atoms with E-state index in [9.17, 15) is 0 Å². The fourth-order valence-electron chi connectivity index (χ4n) is 3.46. The lowest BCUT2D eigenvalue weighted by Crippen LogP contribution is -2.35. The summed E-state index contributed by atoms with van der Waals surface area (Å²) in [5.74, 6) is 1.33. The molecule has 3 heterocycles. The van der Waals surface area contributed by atoms with Crippen molar-refractivity contribution in [2.45, 2.75) is 32.9 Å². The summed E-state index contributed by atoms with van der Waals surface area (Å²) in [6.45, 7) is 9.91. The van der Waals surface area contributed by atoms with E-state index in [0.717, 1.165) is 52.0 Å². The van der Waals surface area contributed by atoms with Gasteiger partial charge in [0.15, 0.2) is 0 Å². The van der Waals surface area contributed by atoms with Crippen LogP contribution in [0.5, 0.6) is 0 Å². The number of rotatable bonds is 5. The molecule has 5 nitrogen and oxygen atoms in total. The molecule has 0 amide bonds. The van der Waals surface area contributed by atoms with Gasteiger partial charge >= 0.3 is 0 Å². The molecule has 2 aliphatic heterocycles. The van der Waals surface area contributed by atoms with Crippen molar-refractivity contribution in [2.24, 2.45) is 11.8 Å². The molecule has 118 valence electrons. The summed E-state index contributed by atoms with van der Waals surface area (Å²) >= 11 is 0. The van der Waals surface area contributed by atoms with E-state index in [2.05, 4.69) is 21.4 Å². The van der Waals surface area contributed by atoms with Crippen LogP contribution in [0.3, 0.4) is 0 Å². The number of aromatic nitrogens is 2. The second-order valence-electron chi connectivity index (χ2n) is 6.31. The number of ether oxygens (including phenoxy) is 2. The van der Waals surface area contributed by atoms with Crippen molar-refractivity contribution in [3.05, 3.63) is 18.2 Å². The minimum Gasteiger partial charge on any atom is -0.381 e. The van der Waals surface area contributed by atoms with Crippen molar-refractivity contribution < 1.29 is 9.47 Å². The van der Waals surface area contributed by atoms with Gasteiger partial charge in [-0.3, -0.25) is 4.90 Å². The minimum atomic E-state index is 0.556. The summed E-state index contributed by atoms with van der Waals surface area (Å²) in [7, 11) is 0. The molecular weight excluding hydrogens is 266 g/mol. The van der Waals surface area contributed by atoms with Crippen LogP contribution in [0.4, 0.5) is 0 Å². The highest BCUT2D eigenvalue weighted by molar-refractivity contribution is 5.01. The van der Waals surface area contributed by atoms with Crippen LogP contribution in [0.15, 0.2) is 12.5 Å². The molecule has 5 heteroatoms. The Hall–Kier alpha value is -0.910. The molecule has 0 saturated carbocycles. The summed E-state index contributed by atoms with van der Waals surface area (Å²) in [5, 5.41) is 0. The third-order valence-electron chi connectivity index (χ3n) is 4.57. The molecule has 0 aromatic carbocycles. The molecule has 1 atom stereocenters. The van der Waals surface area contributed by atoms with Crippen molar-refractivity contribution in [3.8, 4) is 0 Å². The first kappa shape index (κ1) is 15.0. The van der Waals surface area contributed by atoms with E-state index in [1.54, 1.807) is 0 Å². The Bertz CT molecular complexity index is 429. The van der Waals surface area contributed by atoms with Gasteiger partial charge in [0.2, 0.25) is 0 Å². The molecule has 0 aliphatic carbocycles. The average Bonchev–Trinajstić information content (AvgIpc) is 2.86. The SMILES string of the molecule is CCOCC1CN(CC2CCOCC2)Cc2cncn2C1. The maximum Gasteiger partial charge on any atom is 0.0948 e. The lowest BCUT2D eigenvalue weighted by molar-refractivity contribution is 0.0428. The van der Waals surface area contributed by atoms with Gasteiger partial charge in [-0.1, -0.05) is 0 Å². The second-order valence-corrected chi connectivity index (χ2v) is 6.31. The highest BCUT2D eigenvalue weighted by atomic mass is 16.5. The van der Waals surface area contributed by atoms with Crippen LogP contribution < -0.4 is 0 Å². The van der Waals surface area contributed by atoms with Crippen molar-refractivity contribution in [3.63, 3.8) is 0 Å². The molecule has 1 unspecified atom stereocenters. The first-order chi connectivity index (χ1) is 10.3. The topological polar surface area (TPSA) is 39.5 Å². The highest BCUT2D eigenvalue weighted by Gasteiger charge is 2.25. The first-order valence-electron chi connectivity index (χ1n) is 8.22.